The summed E-state index contributed by atoms with van der Waals surface area (Å²) in [7, 11) is -5.12. The third-order valence-corrected chi connectivity index (χ3v) is 11.4. The Morgan fingerprint density at radius 1 is 0.525 bits per heavy atom. The molecule has 1 aliphatic carbocycles. The summed E-state index contributed by atoms with van der Waals surface area (Å²) >= 11 is 0. The second kappa shape index (κ2) is 35.6. The van der Waals surface area contributed by atoms with E-state index in [-0.39, 0.29) is 12.8 Å². The highest BCUT2D eigenvalue weighted by molar-refractivity contribution is 7.47. The Balaban J connectivity index is 2.47. The number of hydrogen-bond donors (Lipinski definition) is 6. The number of ether oxygens (including phenoxy) is 2. The largest absolute Gasteiger partial charge is 0.472 e. The van der Waals surface area contributed by atoms with E-state index in [1.165, 1.54) is 51.4 Å². The first-order valence-electron chi connectivity index (χ1n) is 22.8. The maximum absolute atomic E-state index is 12.8. The molecule has 1 fully saturated rings. The van der Waals surface area contributed by atoms with Crippen LogP contribution < -0.4 is 0 Å². The summed E-state index contributed by atoms with van der Waals surface area (Å²) in [5.74, 6) is -1.12. The molecule has 0 bridgehead atoms. The molecule has 14 heteroatoms. The summed E-state index contributed by atoms with van der Waals surface area (Å²) in [4.78, 5) is 35.6. The number of carbonyl (C=O) groups is 2. The molecular weight excluding hydrogens is 779 g/mol. The number of hydrogen-bond acceptors (Lipinski definition) is 12. The summed E-state index contributed by atoms with van der Waals surface area (Å²) in [5, 5.41) is 50.1. The van der Waals surface area contributed by atoms with Crippen LogP contribution >= 0.6 is 7.82 Å². The van der Waals surface area contributed by atoms with Gasteiger partial charge in [-0.15, -0.1) is 0 Å². The average Bonchev–Trinajstić information content (AvgIpc) is 3.21. The van der Waals surface area contributed by atoms with Crippen molar-refractivity contribution >= 4 is 19.8 Å². The average molecular weight is 861 g/mol. The van der Waals surface area contributed by atoms with Crippen LogP contribution in [0.4, 0.5) is 0 Å². The first-order valence-corrected chi connectivity index (χ1v) is 24.3. The number of esters is 2. The molecule has 0 aromatic heterocycles. The number of carbonyl (C=O) groups excluding carboxylic acids is 2. The van der Waals surface area contributed by atoms with Gasteiger partial charge in [0, 0.05) is 12.8 Å². The highest BCUT2D eigenvalue weighted by atomic mass is 31.2. The van der Waals surface area contributed by atoms with Crippen molar-refractivity contribution in [2.24, 2.45) is 0 Å². The number of allylic oxidation sites excluding steroid dienone is 6. The van der Waals surface area contributed by atoms with Crippen LogP contribution in [0.25, 0.3) is 0 Å². The Labute approximate surface area is 355 Å². The molecule has 1 aliphatic rings. The zero-order valence-corrected chi connectivity index (χ0v) is 37.2. The van der Waals surface area contributed by atoms with E-state index in [1.807, 2.05) is 0 Å². The molecule has 1 rings (SSSR count). The SMILES string of the molecule is CCCCC/C=C\CCCCCCCC(=O)OCC(COP(=O)(O)OC1C(O)C(O)C(O)C(O)C1O)OC(=O)CCCCCCCCC/C=C\C/C=C\CCCCCC. The molecule has 344 valence electrons. The molecular formula is C45H81O13P. The Bertz CT molecular complexity index is 1180. The lowest BCUT2D eigenvalue weighted by Gasteiger charge is -2.41. The lowest BCUT2D eigenvalue weighted by atomic mass is 9.85. The number of rotatable bonds is 37. The van der Waals surface area contributed by atoms with Gasteiger partial charge in [-0.25, -0.2) is 4.57 Å². The second-order valence-corrected chi connectivity index (χ2v) is 17.3. The molecule has 0 heterocycles. The summed E-state index contributed by atoms with van der Waals surface area (Å²) in [5.41, 5.74) is 0. The van der Waals surface area contributed by atoms with Gasteiger partial charge in [-0.2, -0.15) is 0 Å². The van der Waals surface area contributed by atoms with E-state index in [9.17, 15) is 44.6 Å². The van der Waals surface area contributed by atoms with Crippen LogP contribution in [-0.2, 0) is 32.7 Å². The first-order chi connectivity index (χ1) is 28.4. The fourth-order valence-electron chi connectivity index (χ4n) is 6.72. The molecule has 0 aromatic rings. The predicted octanol–water partition coefficient (Wildman–Crippen LogP) is 8.61. The first kappa shape index (κ1) is 55.1. The van der Waals surface area contributed by atoms with Crippen molar-refractivity contribution < 1.29 is 63.1 Å². The molecule has 0 saturated heterocycles. The van der Waals surface area contributed by atoms with Gasteiger partial charge < -0.3 is 39.9 Å². The van der Waals surface area contributed by atoms with Crippen molar-refractivity contribution in [2.75, 3.05) is 13.2 Å². The van der Waals surface area contributed by atoms with Gasteiger partial charge in [-0.3, -0.25) is 18.6 Å². The smallest absolute Gasteiger partial charge is 0.462 e. The molecule has 59 heavy (non-hydrogen) atoms. The molecule has 13 nitrogen and oxygen atoms in total. The van der Waals surface area contributed by atoms with Crippen LogP contribution in [0.3, 0.4) is 0 Å². The lowest BCUT2D eigenvalue weighted by Crippen LogP contribution is -2.64. The van der Waals surface area contributed by atoms with Gasteiger partial charge in [0.25, 0.3) is 0 Å². The van der Waals surface area contributed by atoms with Gasteiger partial charge in [0.1, 0.15) is 43.2 Å². The van der Waals surface area contributed by atoms with E-state index in [4.69, 9.17) is 18.5 Å². The van der Waals surface area contributed by atoms with Crippen LogP contribution in [0.1, 0.15) is 181 Å². The summed E-state index contributed by atoms with van der Waals surface area (Å²) < 4.78 is 33.5. The minimum absolute atomic E-state index is 0.0862. The van der Waals surface area contributed by atoms with Crippen LogP contribution in [0, 0.1) is 0 Å². The molecule has 6 N–H and O–H groups in total. The topological polar surface area (TPSA) is 210 Å². The van der Waals surface area contributed by atoms with E-state index in [1.54, 1.807) is 0 Å². The Kier molecular flexibility index (Phi) is 33.3. The van der Waals surface area contributed by atoms with Gasteiger partial charge in [0.05, 0.1) is 6.61 Å². The molecule has 0 spiro atoms. The standard InChI is InChI=1S/C45H81O13P/c1-3-5-7-9-11-13-15-17-18-19-20-21-22-24-26-28-30-32-34-39(47)57-37(35-55-38(46)33-31-29-27-25-23-16-14-12-10-8-6-4-2)36-56-59(53,54)58-45-43(51)41(49)40(48)42(50)44(45)52/h12-15,18-19,37,40-45,48-52H,3-11,16-17,20-36H2,1-2H3,(H,53,54)/b14-12-,15-13-,19-18-. The summed E-state index contributed by atoms with van der Waals surface area (Å²) in [6.45, 7) is 3.24. The third kappa shape index (κ3) is 28.3. The normalized spacial score (nSPS) is 22.6. The molecule has 6 atom stereocenters. The molecule has 6 unspecified atom stereocenters. The van der Waals surface area contributed by atoms with Crippen molar-refractivity contribution in [1.29, 1.82) is 0 Å². The summed E-state index contributed by atoms with van der Waals surface area (Å²) in [6, 6.07) is 0. The van der Waals surface area contributed by atoms with Crippen LogP contribution in [0.2, 0.25) is 0 Å². The zero-order valence-electron chi connectivity index (χ0n) is 36.3. The van der Waals surface area contributed by atoms with Gasteiger partial charge in [0.15, 0.2) is 6.10 Å². The zero-order chi connectivity index (χ0) is 43.6. The second-order valence-electron chi connectivity index (χ2n) is 15.9. The molecule has 0 radical (unpaired) electrons. The van der Waals surface area contributed by atoms with Crippen LogP contribution in [0.5, 0.6) is 0 Å². The van der Waals surface area contributed by atoms with Crippen molar-refractivity contribution in [3.05, 3.63) is 36.5 Å². The fraction of sp³-hybridized carbons (Fsp3) is 0.822. The number of unbranched alkanes of at least 4 members (excludes halogenated alkanes) is 19. The Morgan fingerprint density at radius 3 is 1.42 bits per heavy atom. The maximum Gasteiger partial charge on any atom is 0.472 e. The van der Waals surface area contributed by atoms with E-state index >= 15 is 0 Å². The van der Waals surface area contributed by atoms with Gasteiger partial charge >= 0.3 is 19.8 Å². The highest BCUT2D eigenvalue weighted by Crippen LogP contribution is 2.47. The fourth-order valence-corrected chi connectivity index (χ4v) is 7.70. The Morgan fingerprint density at radius 2 is 0.915 bits per heavy atom. The van der Waals surface area contributed by atoms with Gasteiger partial charge in [0.2, 0.25) is 0 Å². The minimum Gasteiger partial charge on any atom is -0.462 e. The minimum atomic E-state index is -5.12. The lowest BCUT2D eigenvalue weighted by molar-refractivity contribution is -0.220. The predicted molar refractivity (Wildman–Crippen MR) is 230 cm³/mol. The highest BCUT2D eigenvalue weighted by Gasteiger charge is 2.51. The Hall–Kier alpha value is -1.93. The van der Waals surface area contributed by atoms with E-state index in [0.717, 1.165) is 89.9 Å². The van der Waals surface area contributed by atoms with Crippen molar-refractivity contribution in [1.82, 2.24) is 0 Å². The third-order valence-electron chi connectivity index (χ3n) is 10.5. The van der Waals surface area contributed by atoms with E-state index in [0.29, 0.717) is 12.8 Å². The number of phosphoric ester groups is 1. The number of aliphatic hydroxyl groups excluding tert-OH is 5. The van der Waals surface area contributed by atoms with Gasteiger partial charge in [-0.1, -0.05) is 134 Å². The molecule has 0 aliphatic heterocycles. The quantitative estimate of drug-likeness (QED) is 0.0150. The van der Waals surface area contributed by atoms with Crippen LogP contribution in [0.15, 0.2) is 36.5 Å². The molecule has 1 saturated carbocycles. The van der Waals surface area contributed by atoms with Crippen molar-refractivity contribution in [3.8, 4) is 0 Å². The van der Waals surface area contributed by atoms with E-state index < -0.39 is 75.7 Å². The van der Waals surface area contributed by atoms with Gasteiger partial charge in [-0.05, 0) is 70.6 Å². The molecule has 0 amide bonds. The number of phosphoric acid groups is 1. The maximum atomic E-state index is 12.8. The number of aliphatic hydroxyl groups is 5. The summed E-state index contributed by atoms with van der Waals surface area (Å²) in [6.07, 6.45) is 26.3. The van der Waals surface area contributed by atoms with E-state index in [2.05, 4.69) is 50.3 Å². The monoisotopic (exact) mass is 861 g/mol. The molecule has 0 aromatic carbocycles. The van der Waals surface area contributed by atoms with Crippen LogP contribution in [-0.4, -0.2) is 98.3 Å². The van der Waals surface area contributed by atoms with Crippen molar-refractivity contribution in [3.63, 3.8) is 0 Å². The van der Waals surface area contributed by atoms with Crippen molar-refractivity contribution in [2.45, 2.75) is 224 Å².